The zero-order valence-electron chi connectivity index (χ0n) is 36.9. The average Bonchev–Trinajstić information content (AvgIpc) is 3.55. The van der Waals surface area contributed by atoms with Crippen LogP contribution >= 0.6 is 0 Å². The maximum atomic E-state index is 5.04. The van der Waals surface area contributed by atoms with Gasteiger partial charge in [-0.1, -0.05) is 157 Å². The molecule has 0 radical (unpaired) electrons. The Hall–Kier alpha value is -5.54. The van der Waals surface area contributed by atoms with Crippen molar-refractivity contribution in [1.29, 1.82) is 0 Å². The van der Waals surface area contributed by atoms with Crippen molar-refractivity contribution in [3.63, 3.8) is 0 Å². The van der Waals surface area contributed by atoms with E-state index < -0.39 is 0 Å². The summed E-state index contributed by atoms with van der Waals surface area (Å²) in [7, 11) is 0. The van der Waals surface area contributed by atoms with Crippen LogP contribution < -0.4 is 0 Å². The first kappa shape index (κ1) is 44.6. The minimum atomic E-state index is 0.617. The minimum absolute atomic E-state index is 0.617. The van der Waals surface area contributed by atoms with E-state index in [1.165, 1.54) is 54.9 Å². The van der Waals surface area contributed by atoms with Gasteiger partial charge < -0.3 is 4.57 Å². The van der Waals surface area contributed by atoms with E-state index in [2.05, 4.69) is 150 Å². The molecule has 0 N–H and O–H groups in total. The Morgan fingerprint density at radius 2 is 0.949 bits per heavy atom. The first-order valence-electron chi connectivity index (χ1n) is 21.8. The highest BCUT2D eigenvalue weighted by Crippen LogP contribution is 2.37. The van der Waals surface area contributed by atoms with Crippen molar-refractivity contribution in [2.75, 3.05) is 13.1 Å². The van der Waals surface area contributed by atoms with Crippen LogP contribution in [-0.2, 0) is 6.42 Å². The summed E-state index contributed by atoms with van der Waals surface area (Å²) in [4.78, 5) is 10.0. The Morgan fingerprint density at radius 3 is 1.44 bits per heavy atom. The second-order valence-electron chi connectivity index (χ2n) is 16.7. The third kappa shape index (κ3) is 11.8. The molecule has 3 nitrogen and oxygen atoms in total. The lowest BCUT2D eigenvalue weighted by molar-refractivity contribution is 0.683. The number of unbranched alkanes of at least 4 members (excludes halogenated alkanes) is 6. The molecule has 1 aromatic heterocycles. The molecule has 306 valence electrons. The fourth-order valence-electron chi connectivity index (χ4n) is 7.71. The molecular weight excluding hydrogens is 715 g/mol. The molecule has 0 spiro atoms. The number of allylic oxidation sites excluding steroid dienone is 3. The summed E-state index contributed by atoms with van der Waals surface area (Å²) in [6.07, 6.45) is 12.2. The highest BCUT2D eigenvalue weighted by Gasteiger charge is 2.18. The monoisotopic (exact) mass is 782 g/mol. The highest BCUT2D eigenvalue weighted by atomic mass is 15.0. The number of hydrogen-bond donors (Lipinski definition) is 0. The fourth-order valence-corrected chi connectivity index (χ4v) is 7.71. The largest absolute Gasteiger partial charge is 0.309 e. The van der Waals surface area contributed by atoms with Crippen LogP contribution in [0.1, 0.15) is 127 Å². The van der Waals surface area contributed by atoms with Gasteiger partial charge in [0.1, 0.15) is 0 Å². The summed E-state index contributed by atoms with van der Waals surface area (Å²) in [6.45, 7) is 38.0. The summed E-state index contributed by atoms with van der Waals surface area (Å²) in [5, 5.41) is 2.34. The van der Waals surface area contributed by atoms with E-state index in [-0.39, 0.29) is 0 Å². The molecule has 0 bridgehead atoms. The maximum Gasteiger partial charge on any atom is 0.0597 e. The maximum absolute atomic E-state index is 5.04. The first-order chi connectivity index (χ1) is 28.4. The van der Waals surface area contributed by atoms with Crippen molar-refractivity contribution in [2.45, 2.75) is 105 Å². The van der Waals surface area contributed by atoms with Gasteiger partial charge in [0.15, 0.2) is 0 Å². The van der Waals surface area contributed by atoms with Gasteiger partial charge in [-0.15, -0.1) is 0 Å². The number of fused-ring (bicyclic) bond motifs is 3. The van der Waals surface area contributed by atoms with E-state index in [4.69, 9.17) is 9.98 Å². The molecule has 4 aromatic carbocycles. The Kier molecular flexibility index (Phi) is 16.2. The first-order valence-corrected chi connectivity index (χ1v) is 21.8. The third-order valence-electron chi connectivity index (χ3n) is 11.1. The van der Waals surface area contributed by atoms with Crippen molar-refractivity contribution in [3.05, 3.63) is 169 Å². The molecule has 0 amide bonds. The van der Waals surface area contributed by atoms with Crippen LogP contribution in [0.4, 0.5) is 0 Å². The van der Waals surface area contributed by atoms with E-state index in [0.29, 0.717) is 13.1 Å². The molecule has 5 rings (SSSR count). The fraction of sp³-hybridized carbons (Fsp3) is 0.321. The van der Waals surface area contributed by atoms with Crippen molar-refractivity contribution in [3.8, 4) is 5.69 Å². The van der Waals surface area contributed by atoms with Gasteiger partial charge in [0.2, 0.25) is 0 Å². The van der Waals surface area contributed by atoms with Crippen molar-refractivity contribution in [1.82, 2.24) is 4.57 Å². The molecule has 0 aliphatic heterocycles. The summed E-state index contributed by atoms with van der Waals surface area (Å²) in [5.41, 5.74) is 17.4. The van der Waals surface area contributed by atoms with E-state index in [1.807, 2.05) is 13.8 Å². The number of rotatable bonds is 23. The number of hydrogen-bond acceptors (Lipinski definition) is 2. The SMILES string of the molecule is C=C(C)C/N=C(\CCCCCC)C(=C)c1ccc(-n2c3ccc(C(=C)/C(CCCCCC)=N/CC(=C)C)cc3c3cc(C(=C)c4ccc(CC(=C)C)cc4)ccc32)cc1. The Bertz CT molecular complexity index is 2390. The van der Waals surface area contributed by atoms with Gasteiger partial charge in [-0.2, -0.15) is 0 Å². The lowest BCUT2D eigenvalue weighted by Gasteiger charge is -2.14. The van der Waals surface area contributed by atoms with Crippen LogP contribution in [0.15, 0.2) is 151 Å². The number of benzene rings is 4. The van der Waals surface area contributed by atoms with Gasteiger partial charge >= 0.3 is 0 Å². The molecule has 0 atom stereocenters. The van der Waals surface area contributed by atoms with Crippen LogP contribution in [0, 0.1) is 0 Å². The molecule has 0 aliphatic rings. The number of aromatic nitrogens is 1. The Morgan fingerprint density at radius 1 is 0.492 bits per heavy atom. The Labute approximate surface area is 356 Å². The van der Waals surface area contributed by atoms with Crippen LogP contribution in [0.3, 0.4) is 0 Å². The van der Waals surface area contributed by atoms with Gasteiger partial charge in [-0.3, -0.25) is 9.98 Å². The van der Waals surface area contributed by atoms with Gasteiger partial charge in [0, 0.05) is 27.9 Å². The molecule has 0 saturated heterocycles. The molecule has 0 saturated carbocycles. The van der Waals surface area contributed by atoms with E-state index >= 15 is 0 Å². The second-order valence-corrected chi connectivity index (χ2v) is 16.7. The number of aliphatic imine (C=N–C) groups is 2. The van der Waals surface area contributed by atoms with Gasteiger partial charge in [-0.25, -0.2) is 0 Å². The van der Waals surface area contributed by atoms with E-state index in [1.54, 1.807) is 0 Å². The predicted octanol–water partition coefficient (Wildman–Crippen LogP) is 16.0. The van der Waals surface area contributed by atoms with E-state index in [9.17, 15) is 0 Å². The van der Waals surface area contributed by atoms with Gasteiger partial charge in [0.25, 0.3) is 0 Å². The summed E-state index contributed by atoms with van der Waals surface area (Å²) < 4.78 is 2.38. The van der Waals surface area contributed by atoms with Crippen LogP contribution in [-0.4, -0.2) is 29.1 Å². The van der Waals surface area contributed by atoms with Crippen molar-refractivity contribution in [2.24, 2.45) is 9.98 Å². The zero-order valence-corrected chi connectivity index (χ0v) is 36.9. The molecule has 59 heavy (non-hydrogen) atoms. The Balaban J connectivity index is 1.59. The molecule has 0 aliphatic carbocycles. The summed E-state index contributed by atoms with van der Waals surface area (Å²) in [6, 6.07) is 31.1. The average molecular weight is 782 g/mol. The lowest BCUT2D eigenvalue weighted by atomic mass is 9.95. The predicted molar refractivity (Wildman–Crippen MR) is 264 cm³/mol. The van der Waals surface area contributed by atoms with Gasteiger partial charge in [0.05, 0.1) is 24.1 Å². The topological polar surface area (TPSA) is 29.6 Å². The molecule has 5 aromatic rings. The smallest absolute Gasteiger partial charge is 0.0597 e. The minimum Gasteiger partial charge on any atom is -0.309 e. The second kappa shape index (κ2) is 21.5. The molecule has 1 heterocycles. The summed E-state index contributed by atoms with van der Waals surface area (Å²) >= 11 is 0. The molecule has 3 heteroatoms. The number of nitrogens with zero attached hydrogens (tertiary/aromatic N) is 3. The quantitative estimate of drug-likeness (QED) is 0.0359. The van der Waals surface area contributed by atoms with Crippen molar-refractivity contribution >= 4 is 49.9 Å². The van der Waals surface area contributed by atoms with Crippen molar-refractivity contribution < 1.29 is 0 Å². The normalized spacial score (nSPS) is 11.9. The van der Waals surface area contributed by atoms with Crippen LogP contribution in [0.2, 0.25) is 0 Å². The lowest BCUT2D eigenvalue weighted by Crippen LogP contribution is -2.04. The molecule has 0 unspecified atom stereocenters. The van der Waals surface area contributed by atoms with E-state index in [0.717, 1.165) is 116 Å². The molecule has 0 fully saturated rings. The van der Waals surface area contributed by atoms with Crippen LogP contribution in [0.5, 0.6) is 0 Å². The highest BCUT2D eigenvalue weighted by molar-refractivity contribution is 6.24. The molecular formula is C56H67N3. The zero-order chi connectivity index (χ0) is 42.5. The third-order valence-corrected chi connectivity index (χ3v) is 11.1. The standard InChI is InChI=1S/C56H67N3/c1-12-14-16-18-20-53(57-37-40(5)6)43(10)47-26-30-50(31-27-47)59-55-32-28-48(42(9)46-24-22-45(23-25-46)34-39(3)4)35-51(55)52-36-49(29-33-56(52)59)44(11)54(58-38-41(7)8)21-19-17-15-13-2/h22-33,35-36H,3,5,7,9-21,34,37-38H2,1-2,4,6,8H3/b57-53+,58-54+. The summed E-state index contributed by atoms with van der Waals surface area (Å²) in [5.74, 6) is 0. The van der Waals surface area contributed by atoms with Gasteiger partial charge in [-0.05, 0) is 134 Å². The van der Waals surface area contributed by atoms with Crippen LogP contribution in [0.25, 0.3) is 44.2 Å².